The number of halogens is 1. The number of aliphatic carboxylic acids is 1. The zero-order valence-corrected chi connectivity index (χ0v) is 15.9. The number of carboxylic acid groups (broad SMARTS) is 1. The van der Waals surface area contributed by atoms with Gasteiger partial charge in [0.1, 0.15) is 12.4 Å². The number of carbonyl (C=O) groups is 3. The smallest absolute Gasteiger partial charge is 0.323 e. The van der Waals surface area contributed by atoms with Crippen molar-refractivity contribution in [3.8, 4) is 0 Å². The number of likely N-dealkylation sites (tertiary alicyclic amines) is 1. The molecule has 2 amide bonds. The van der Waals surface area contributed by atoms with Crippen molar-refractivity contribution in [3.05, 3.63) is 29.6 Å². The molecule has 1 heterocycles. The van der Waals surface area contributed by atoms with E-state index in [1.807, 2.05) is 0 Å². The van der Waals surface area contributed by atoms with Gasteiger partial charge in [-0.05, 0) is 37.5 Å². The number of anilines is 1. The first-order valence-electron chi connectivity index (χ1n) is 8.96. The number of carboxylic acids is 1. The van der Waals surface area contributed by atoms with Crippen molar-refractivity contribution >= 4 is 23.5 Å². The maximum atomic E-state index is 14.4. The summed E-state index contributed by atoms with van der Waals surface area (Å²) in [6, 6.07) is 4.28. The Kier molecular flexibility index (Phi) is 6.76. The van der Waals surface area contributed by atoms with Crippen molar-refractivity contribution in [3.63, 3.8) is 0 Å². The van der Waals surface area contributed by atoms with E-state index in [0.29, 0.717) is 38.0 Å². The van der Waals surface area contributed by atoms with Crippen LogP contribution in [0.5, 0.6) is 0 Å². The fourth-order valence-electron chi connectivity index (χ4n) is 3.36. The molecule has 7 nitrogen and oxygen atoms in total. The lowest BCUT2D eigenvalue weighted by molar-refractivity contribution is -0.145. The number of nitrogens with zero attached hydrogens (tertiary/aromatic N) is 3. The summed E-state index contributed by atoms with van der Waals surface area (Å²) in [6.07, 6.45) is 1.70. The number of hydrogen-bond acceptors (Lipinski definition) is 4. The maximum Gasteiger partial charge on any atom is 0.323 e. The molecular formula is C19H26FN3O4. The standard InChI is InChI=1S/C19H26FN3O4/c1-13(24)23(12-18(25)26)14-5-4-9-22(10-8-14)19(27)16-7-6-15(21(2)3)11-17(16)20/h6-7,11,14H,4-5,8-10,12H2,1-3H3,(H,25,26). The molecule has 1 aliphatic heterocycles. The van der Waals surface area contributed by atoms with Crippen LogP contribution in [0.25, 0.3) is 0 Å². The Bertz CT molecular complexity index is 723. The van der Waals surface area contributed by atoms with Crippen molar-refractivity contribution in [2.75, 3.05) is 38.6 Å². The van der Waals surface area contributed by atoms with Crippen LogP contribution in [-0.4, -0.2) is 72.5 Å². The summed E-state index contributed by atoms with van der Waals surface area (Å²) in [7, 11) is 3.59. The Balaban J connectivity index is 2.10. The van der Waals surface area contributed by atoms with Gasteiger partial charge >= 0.3 is 5.97 Å². The van der Waals surface area contributed by atoms with Gasteiger partial charge in [-0.25, -0.2) is 4.39 Å². The predicted octanol–water partition coefficient (Wildman–Crippen LogP) is 1.82. The molecule has 8 heteroatoms. The molecule has 1 N–H and O–H groups in total. The molecule has 0 spiro atoms. The van der Waals surface area contributed by atoms with E-state index in [4.69, 9.17) is 5.11 Å². The zero-order valence-electron chi connectivity index (χ0n) is 15.9. The van der Waals surface area contributed by atoms with E-state index >= 15 is 0 Å². The molecule has 148 valence electrons. The molecule has 1 atom stereocenters. The van der Waals surface area contributed by atoms with Crippen molar-refractivity contribution in [1.29, 1.82) is 0 Å². The predicted molar refractivity (Wildman–Crippen MR) is 99.3 cm³/mol. The highest BCUT2D eigenvalue weighted by atomic mass is 19.1. The number of amides is 2. The van der Waals surface area contributed by atoms with Gasteiger partial charge in [0.25, 0.3) is 5.91 Å². The molecule has 0 bridgehead atoms. The minimum Gasteiger partial charge on any atom is -0.480 e. The Morgan fingerprint density at radius 1 is 1.22 bits per heavy atom. The van der Waals surface area contributed by atoms with Gasteiger partial charge in [0.05, 0.1) is 5.56 Å². The van der Waals surface area contributed by atoms with Crippen molar-refractivity contribution in [2.24, 2.45) is 0 Å². The minimum absolute atomic E-state index is 0.0213. The zero-order chi connectivity index (χ0) is 20.1. The molecule has 0 aliphatic carbocycles. The van der Waals surface area contributed by atoms with Crippen LogP contribution in [0.15, 0.2) is 18.2 Å². The Morgan fingerprint density at radius 2 is 1.93 bits per heavy atom. The Hall–Kier alpha value is -2.64. The fraction of sp³-hybridized carbons (Fsp3) is 0.526. The van der Waals surface area contributed by atoms with Crippen LogP contribution in [0.4, 0.5) is 10.1 Å². The van der Waals surface area contributed by atoms with Gasteiger partial charge in [-0.15, -0.1) is 0 Å². The average molecular weight is 379 g/mol. The number of rotatable bonds is 5. The molecule has 1 fully saturated rings. The summed E-state index contributed by atoms with van der Waals surface area (Å²) < 4.78 is 14.4. The van der Waals surface area contributed by atoms with Crippen LogP contribution in [0.2, 0.25) is 0 Å². The third kappa shape index (κ3) is 5.18. The number of hydrogen-bond donors (Lipinski definition) is 1. The first kappa shape index (κ1) is 20.7. The van der Waals surface area contributed by atoms with E-state index in [1.54, 1.807) is 30.0 Å². The first-order chi connectivity index (χ1) is 12.7. The molecule has 0 radical (unpaired) electrons. The highest BCUT2D eigenvalue weighted by Gasteiger charge is 2.28. The van der Waals surface area contributed by atoms with Crippen LogP contribution in [0.1, 0.15) is 36.5 Å². The average Bonchev–Trinajstić information content (AvgIpc) is 2.84. The summed E-state index contributed by atoms with van der Waals surface area (Å²) in [4.78, 5) is 40.2. The molecule has 1 aliphatic rings. The summed E-state index contributed by atoms with van der Waals surface area (Å²) >= 11 is 0. The van der Waals surface area contributed by atoms with E-state index < -0.39 is 11.8 Å². The molecule has 2 rings (SSSR count). The normalized spacial score (nSPS) is 17.2. The van der Waals surface area contributed by atoms with Gasteiger partial charge in [-0.1, -0.05) is 0 Å². The molecule has 1 aromatic rings. The van der Waals surface area contributed by atoms with Crippen LogP contribution in [-0.2, 0) is 9.59 Å². The molecule has 1 unspecified atom stereocenters. The maximum absolute atomic E-state index is 14.4. The van der Waals surface area contributed by atoms with E-state index in [9.17, 15) is 18.8 Å². The summed E-state index contributed by atoms with van der Waals surface area (Å²) in [6.45, 7) is 1.79. The minimum atomic E-state index is -1.06. The van der Waals surface area contributed by atoms with Gasteiger partial charge < -0.3 is 19.8 Å². The lowest BCUT2D eigenvalue weighted by Crippen LogP contribution is -2.43. The summed E-state index contributed by atoms with van der Waals surface area (Å²) in [5, 5.41) is 9.01. The van der Waals surface area contributed by atoms with Gasteiger partial charge in [0.15, 0.2) is 0 Å². The molecule has 27 heavy (non-hydrogen) atoms. The van der Waals surface area contributed by atoms with Crippen LogP contribution < -0.4 is 4.90 Å². The highest BCUT2D eigenvalue weighted by molar-refractivity contribution is 5.95. The lowest BCUT2D eigenvalue weighted by atomic mass is 10.1. The second-order valence-corrected chi connectivity index (χ2v) is 6.98. The van der Waals surface area contributed by atoms with E-state index in [-0.39, 0.29) is 30.0 Å². The van der Waals surface area contributed by atoms with Gasteiger partial charge in [0, 0.05) is 45.8 Å². The second kappa shape index (κ2) is 8.83. The first-order valence-corrected chi connectivity index (χ1v) is 8.96. The van der Waals surface area contributed by atoms with Crippen molar-refractivity contribution < 1.29 is 23.9 Å². The van der Waals surface area contributed by atoms with Crippen molar-refractivity contribution in [1.82, 2.24) is 9.80 Å². The third-order valence-corrected chi connectivity index (χ3v) is 4.84. The SMILES string of the molecule is CC(=O)N(CC(=O)O)C1CCCN(C(=O)c2ccc(N(C)C)cc2F)CC1. The molecule has 1 saturated heterocycles. The van der Waals surface area contributed by atoms with Crippen LogP contribution in [0.3, 0.4) is 0 Å². The second-order valence-electron chi connectivity index (χ2n) is 6.98. The largest absolute Gasteiger partial charge is 0.480 e. The van der Waals surface area contributed by atoms with E-state index in [1.165, 1.54) is 24.0 Å². The Labute approximate surface area is 158 Å². The van der Waals surface area contributed by atoms with Crippen LogP contribution >= 0.6 is 0 Å². The summed E-state index contributed by atoms with van der Waals surface area (Å²) in [5.74, 6) is -2.31. The Morgan fingerprint density at radius 3 is 2.48 bits per heavy atom. The molecule has 0 saturated carbocycles. The quantitative estimate of drug-likeness (QED) is 0.844. The number of benzene rings is 1. The highest BCUT2D eigenvalue weighted by Crippen LogP contribution is 2.22. The van der Waals surface area contributed by atoms with Gasteiger partial charge in [-0.3, -0.25) is 14.4 Å². The molecule has 0 aromatic heterocycles. The monoisotopic (exact) mass is 379 g/mol. The van der Waals surface area contributed by atoms with E-state index in [0.717, 1.165) is 0 Å². The van der Waals surface area contributed by atoms with Gasteiger partial charge in [-0.2, -0.15) is 0 Å². The fourth-order valence-corrected chi connectivity index (χ4v) is 3.36. The summed E-state index contributed by atoms with van der Waals surface area (Å²) in [5.41, 5.74) is 0.693. The van der Waals surface area contributed by atoms with Gasteiger partial charge in [0.2, 0.25) is 5.91 Å². The van der Waals surface area contributed by atoms with E-state index in [2.05, 4.69) is 0 Å². The third-order valence-electron chi connectivity index (χ3n) is 4.84. The lowest BCUT2D eigenvalue weighted by Gasteiger charge is -2.29. The molecular weight excluding hydrogens is 353 g/mol. The topological polar surface area (TPSA) is 81.2 Å². The van der Waals surface area contributed by atoms with Crippen molar-refractivity contribution in [2.45, 2.75) is 32.2 Å². The van der Waals surface area contributed by atoms with Crippen LogP contribution in [0, 0.1) is 5.82 Å². The molecule has 1 aromatic carbocycles. The number of carbonyl (C=O) groups excluding carboxylic acids is 2.